The molecule has 16 heavy (non-hydrogen) atoms. The number of carboxylic acids is 1. The number of hydrogen-bond donors (Lipinski definition) is 1. The van der Waals surface area contributed by atoms with E-state index in [9.17, 15) is 9.59 Å². The van der Waals surface area contributed by atoms with Crippen molar-refractivity contribution < 1.29 is 19.4 Å². The summed E-state index contributed by atoms with van der Waals surface area (Å²) in [5.74, 6) is -1.28. The first kappa shape index (κ1) is 10.8. The molecular formula is C12H12O4. The number of hydrogen-bond acceptors (Lipinski definition) is 3. The van der Waals surface area contributed by atoms with Gasteiger partial charge < -0.3 is 9.84 Å². The fraction of sp³-hybridized carbons (Fsp3) is 0.333. The summed E-state index contributed by atoms with van der Waals surface area (Å²) < 4.78 is 5.36. The number of ketones is 1. The van der Waals surface area contributed by atoms with Crippen LogP contribution < -0.4 is 0 Å². The average Bonchev–Trinajstić information content (AvgIpc) is 2.58. The van der Waals surface area contributed by atoms with Gasteiger partial charge in [-0.1, -0.05) is 30.3 Å². The molecule has 84 valence electrons. The maximum atomic E-state index is 11.8. The number of rotatable bonds is 2. The monoisotopic (exact) mass is 220 g/mol. The minimum Gasteiger partial charge on any atom is -0.479 e. The second-order valence-electron chi connectivity index (χ2n) is 3.97. The molecule has 1 aliphatic rings. The number of carbonyl (C=O) groups excluding carboxylic acids is 1. The maximum absolute atomic E-state index is 11.8. The number of benzene rings is 1. The van der Waals surface area contributed by atoms with Crippen LogP contribution in [0.3, 0.4) is 0 Å². The Morgan fingerprint density at radius 1 is 1.44 bits per heavy atom. The highest BCUT2D eigenvalue weighted by Crippen LogP contribution is 2.35. The van der Waals surface area contributed by atoms with Crippen LogP contribution in [0.4, 0.5) is 0 Å². The smallest absolute Gasteiger partial charge is 0.333 e. The molecule has 0 radical (unpaired) electrons. The number of aliphatic carboxylic acids is 1. The van der Waals surface area contributed by atoms with Gasteiger partial charge in [0.15, 0.2) is 11.9 Å². The molecule has 0 spiro atoms. The molecule has 1 aromatic rings. The lowest BCUT2D eigenvalue weighted by Crippen LogP contribution is -2.30. The van der Waals surface area contributed by atoms with Crippen molar-refractivity contribution in [1.29, 1.82) is 0 Å². The Kier molecular flexibility index (Phi) is 2.52. The highest BCUT2D eigenvalue weighted by atomic mass is 16.5. The molecule has 1 saturated heterocycles. The van der Waals surface area contributed by atoms with E-state index >= 15 is 0 Å². The zero-order chi connectivity index (χ0) is 11.8. The molecule has 0 bridgehead atoms. The minimum absolute atomic E-state index is 0.0687. The van der Waals surface area contributed by atoms with Gasteiger partial charge in [0.2, 0.25) is 0 Å². The molecule has 0 amide bonds. The Balaban J connectivity index is 2.33. The standard InChI is InChI=1S/C12H12O4/c1-12(8-5-3-2-4-6-8)10(13)7-9(16-12)11(14)15/h2-6,9H,7H2,1H3,(H,14,15)/t9-,12+/m1/s1. The van der Waals surface area contributed by atoms with Gasteiger partial charge in [-0.3, -0.25) is 4.79 Å². The molecular weight excluding hydrogens is 208 g/mol. The van der Waals surface area contributed by atoms with E-state index in [1.165, 1.54) is 0 Å². The molecule has 0 aromatic heterocycles. The third-order valence-electron chi connectivity index (χ3n) is 2.88. The molecule has 1 fully saturated rings. The molecule has 0 aliphatic carbocycles. The van der Waals surface area contributed by atoms with Crippen molar-refractivity contribution in [3.8, 4) is 0 Å². The zero-order valence-electron chi connectivity index (χ0n) is 8.84. The summed E-state index contributed by atoms with van der Waals surface area (Å²) in [4.78, 5) is 22.6. The summed E-state index contributed by atoms with van der Waals surface area (Å²) in [6.45, 7) is 1.62. The Morgan fingerprint density at radius 2 is 2.06 bits per heavy atom. The van der Waals surface area contributed by atoms with Crippen LogP contribution in [0.2, 0.25) is 0 Å². The van der Waals surface area contributed by atoms with Crippen molar-refractivity contribution in [2.75, 3.05) is 0 Å². The van der Waals surface area contributed by atoms with E-state index in [2.05, 4.69) is 0 Å². The van der Waals surface area contributed by atoms with Crippen molar-refractivity contribution in [1.82, 2.24) is 0 Å². The Hall–Kier alpha value is -1.68. The topological polar surface area (TPSA) is 63.6 Å². The first-order chi connectivity index (χ1) is 7.54. The van der Waals surface area contributed by atoms with Crippen molar-refractivity contribution in [3.63, 3.8) is 0 Å². The van der Waals surface area contributed by atoms with Crippen LogP contribution in [0.5, 0.6) is 0 Å². The molecule has 1 aliphatic heterocycles. The lowest BCUT2D eigenvalue weighted by atomic mass is 9.92. The molecule has 4 nitrogen and oxygen atoms in total. The minimum atomic E-state index is -1.12. The van der Waals surface area contributed by atoms with Gasteiger partial charge in [-0.15, -0.1) is 0 Å². The van der Waals surface area contributed by atoms with E-state index in [0.717, 1.165) is 0 Å². The second kappa shape index (κ2) is 3.72. The summed E-state index contributed by atoms with van der Waals surface area (Å²) in [6, 6.07) is 8.96. The van der Waals surface area contributed by atoms with E-state index < -0.39 is 17.7 Å². The average molecular weight is 220 g/mol. The van der Waals surface area contributed by atoms with Crippen LogP contribution in [0.25, 0.3) is 0 Å². The Bertz CT molecular complexity index is 426. The summed E-state index contributed by atoms with van der Waals surface area (Å²) in [5, 5.41) is 8.83. The summed E-state index contributed by atoms with van der Waals surface area (Å²) in [5.41, 5.74) is -0.423. The van der Waals surface area contributed by atoms with E-state index in [1.807, 2.05) is 6.07 Å². The lowest BCUT2D eigenvalue weighted by Gasteiger charge is -2.22. The molecule has 0 saturated carbocycles. The van der Waals surface area contributed by atoms with Crippen LogP contribution in [0, 0.1) is 0 Å². The molecule has 2 rings (SSSR count). The quantitative estimate of drug-likeness (QED) is 0.817. The normalized spacial score (nSPS) is 29.3. The van der Waals surface area contributed by atoms with Gasteiger partial charge in [-0.05, 0) is 12.5 Å². The predicted octanol–water partition coefficient (Wildman–Crippen LogP) is 1.34. The third-order valence-corrected chi connectivity index (χ3v) is 2.88. The van der Waals surface area contributed by atoms with Crippen LogP contribution in [-0.4, -0.2) is 23.0 Å². The Morgan fingerprint density at radius 3 is 2.56 bits per heavy atom. The highest BCUT2D eigenvalue weighted by molar-refractivity contribution is 5.94. The van der Waals surface area contributed by atoms with Crippen molar-refractivity contribution >= 4 is 11.8 Å². The molecule has 1 heterocycles. The molecule has 1 aromatic carbocycles. The maximum Gasteiger partial charge on any atom is 0.333 e. The lowest BCUT2D eigenvalue weighted by molar-refractivity contribution is -0.155. The van der Waals surface area contributed by atoms with Crippen molar-refractivity contribution in [2.24, 2.45) is 0 Å². The molecule has 2 atom stereocenters. The first-order valence-electron chi connectivity index (χ1n) is 5.03. The summed E-state index contributed by atoms with van der Waals surface area (Å²) in [7, 11) is 0. The van der Waals surface area contributed by atoms with E-state index in [4.69, 9.17) is 9.84 Å². The van der Waals surface area contributed by atoms with Crippen LogP contribution in [0.15, 0.2) is 30.3 Å². The van der Waals surface area contributed by atoms with Gasteiger partial charge in [0.05, 0.1) is 0 Å². The zero-order valence-corrected chi connectivity index (χ0v) is 8.84. The third kappa shape index (κ3) is 1.61. The number of carbonyl (C=O) groups is 2. The SMILES string of the molecule is C[C@@]1(c2ccccc2)O[C@@H](C(=O)O)CC1=O. The van der Waals surface area contributed by atoms with Crippen LogP contribution in [-0.2, 0) is 19.9 Å². The number of ether oxygens (including phenoxy) is 1. The van der Waals surface area contributed by atoms with E-state index in [1.54, 1.807) is 31.2 Å². The van der Waals surface area contributed by atoms with Gasteiger partial charge in [0.1, 0.15) is 5.60 Å². The van der Waals surface area contributed by atoms with Gasteiger partial charge in [0.25, 0.3) is 0 Å². The van der Waals surface area contributed by atoms with Crippen molar-refractivity contribution in [2.45, 2.75) is 25.0 Å². The number of Topliss-reactive ketones (excluding diaryl/α,β-unsaturated/α-hetero) is 1. The first-order valence-corrected chi connectivity index (χ1v) is 5.03. The second-order valence-corrected chi connectivity index (χ2v) is 3.97. The summed E-state index contributed by atoms with van der Waals surface area (Å²) >= 11 is 0. The van der Waals surface area contributed by atoms with Gasteiger partial charge in [-0.2, -0.15) is 0 Å². The largest absolute Gasteiger partial charge is 0.479 e. The van der Waals surface area contributed by atoms with Gasteiger partial charge in [0, 0.05) is 6.42 Å². The van der Waals surface area contributed by atoms with Gasteiger partial charge >= 0.3 is 5.97 Å². The molecule has 0 unspecified atom stereocenters. The summed E-state index contributed by atoms with van der Waals surface area (Å²) in [6.07, 6.45) is -1.10. The fourth-order valence-corrected chi connectivity index (χ4v) is 1.88. The fourth-order valence-electron chi connectivity index (χ4n) is 1.88. The van der Waals surface area contributed by atoms with Crippen LogP contribution >= 0.6 is 0 Å². The number of carboxylic acid groups (broad SMARTS) is 1. The van der Waals surface area contributed by atoms with E-state index in [-0.39, 0.29) is 12.2 Å². The predicted molar refractivity (Wildman–Crippen MR) is 55.9 cm³/mol. The van der Waals surface area contributed by atoms with E-state index in [0.29, 0.717) is 5.56 Å². The molecule has 1 N–H and O–H groups in total. The van der Waals surface area contributed by atoms with Crippen LogP contribution in [0.1, 0.15) is 18.9 Å². The molecule has 4 heteroatoms. The Labute approximate surface area is 92.8 Å². The van der Waals surface area contributed by atoms with Crippen molar-refractivity contribution in [3.05, 3.63) is 35.9 Å². The highest BCUT2D eigenvalue weighted by Gasteiger charge is 2.47. The van der Waals surface area contributed by atoms with Gasteiger partial charge in [-0.25, -0.2) is 4.79 Å².